The molecule has 5 nitrogen and oxygen atoms in total. The molecule has 0 aliphatic rings. The zero-order valence-corrected chi connectivity index (χ0v) is 11.4. The fraction of sp³-hybridized carbons (Fsp3) is 0.167. The molecule has 100 valence electrons. The van der Waals surface area contributed by atoms with Crippen LogP contribution in [0.15, 0.2) is 24.3 Å². The quantitative estimate of drug-likeness (QED) is 0.885. The summed E-state index contributed by atoms with van der Waals surface area (Å²) in [4.78, 5) is 11.5. The van der Waals surface area contributed by atoms with Crippen LogP contribution in [0.1, 0.15) is 17.4 Å². The number of benzene rings is 1. The van der Waals surface area contributed by atoms with E-state index in [1.165, 1.54) is 12.1 Å². The molecule has 0 atom stereocenters. The van der Waals surface area contributed by atoms with Gasteiger partial charge in [0.1, 0.15) is 0 Å². The summed E-state index contributed by atoms with van der Waals surface area (Å²) < 4.78 is 5.95. The van der Waals surface area contributed by atoms with Crippen LogP contribution in [0.4, 0.5) is 0 Å². The highest BCUT2D eigenvalue weighted by Crippen LogP contribution is 2.27. The van der Waals surface area contributed by atoms with Crippen LogP contribution in [-0.4, -0.2) is 27.5 Å². The Kier molecular flexibility index (Phi) is 3.97. The Bertz CT molecular complexity index is 625. The Morgan fingerprint density at radius 1 is 1.42 bits per heavy atom. The number of hydrogen-bond donors (Lipinski definition) is 1. The van der Waals surface area contributed by atoms with Gasteiger partial charge in [-0.1, -0.05) is 23.2 Å². The lowest BCUT2D eigenvalue weighted by Gasteiger charge is -2.05. The van der Waals surface area contributed by atoms with Gasteiger partial charge < -0.3 is 9.84 Å². The topological polar surface area (TPSA) is 64.3 Å². The Balaban J connectivity index is 2.43. The summed E-state index contributed by atoms with van der Waals surface area (Å²) in [5, 5.41) is 14.5. The van der Waals surface area contributed by atoms with Crippen molar-refractivity contribution in [2.75, 3.05) is 6.61 Å². The van der Waals surface area contributed by atoms with E-state index in [0.29, 0.717) is 15.7 Å². The monoisotopic (exact) mass is 300 g/mol. The van der Waals surface area contributed by atoms with E-state index in [0.717, 1.165) is 4.68 Å². The van der Waals surface area contributed by atoms with Crippen LogP contribution in [0.2, 0.25) is 10.0 Å². The van der Waals surface area contributed by atoms with Crippen molar-refractivity contribution in [3.63, 3.8) is 0 Å². The lowest BCUT2D eigenvalue weighted by atomic mass is 10.3. The molecule has 7 heteroatoms. The Hall–Kier alpha value is -1.72. The standard InChI is InChI=1S/C12H10Cl2N2O3/c1-2-19-12(18)9-6-11(17)16(15-9)10-4-3-7(13)5-8(10)14/h3-6,17H,2H2,1H3. The fourth-order valence-electron chi connectivity index (χ4n) is 1.51. The molecule has 0 fully saturated rings. The maximum atomic E-state index is 11.5. The number of halogens is 2. The van der Waals surface area contributed by atoms with E-state index in [1.54, 1.807) is 19.1 Å². The van der Waals surface area contributed by atoms with E-state index in [4.69, 9.17) is 27.9 Å². The third kappa shape index (κ3) is 2.83. The van der Waals surface area contributed by atoms with Crippen molar-refractivity contribution in [2.45, 2.75) is 6.92 Å². The smallest absolute Gasteiger partial charge is 0.358 e. The Morgan fingerprint density at radius 2 is 2.16 bits per heavy atom. The first-order valence-corrected chi connectivity index (χ1v) is 6.20. The second-order valence-electron chi connectivity index (χ2n) is 3.62. The second kappa shape index (κ2) is 5.50. The highest BCUT2D eigenvalue weighted by molar-refractivity contribution is 6.35. The third-order valence-corrected chi connectivity index (χ3v) is 2.85. The van der Waals surface area contributed by atoms with Gasteiger partial charge in [-0.15, -0.1) is 0 Å². The second-order valence-corrected chi connectivity index (χ2v) is 4.46. The molecular formula is C12H10Cl2N2O3. The third-order valence-electron chi connectivity index (χ3n) is 2.31. The molecule has 2 aromatic rings. The van der Waals surface area contributed by atoms with Crippen molar-refractivity contribution < 1.29 is 14.6 Å². The minimum absolute atomic E-state index is 0.00497. The van der Waals surface area contributed by atoms with E-state index in [1.807, 2.05) is 0 Å². The molecule has 0 amide bonds. The fourth-order valence-corrected chi connectivity index (χ4v) is 1.99. The summed E-state index contributed by atoms with van der Waals surface area (Å²) in [6, 6.07) is 5.92. The molecule has 0 saturated carbocycles. The predicted molar refractivity (Wildman–Crippen MR) is 71.2 cm³/mol. The van der Waals surface area contributed by atoms with Crippen molar-refractivity contribution >= 4 is 29.2 Å². The van der Waals surface area contributed by atoms with Crippen molar-refractivity contribution in [2.24, 2.45) is 0 Å². The first-order valence-electron chi connectivity index (χ1n) is 5.44. The molecule has 0 bridgehead atoms. The van der Waals surface area contributed by atoms with Crippen LogP contribution in [-0.2, 0) is 4.74 Å². The van der Waals surface area contributed by atoms with Crippen LogP contribution in [0.5, 0.6) is 5.88 Å². The predicted octanol–water partition coefficient (Wildman–Crippen LogP) is 3.06. The number of hydrogen-bond acceptors (Lipinski definition) is 4. The number of aromatic hydroxyl groups is 1. The highest BCUT2D eigenvalue weighted by atomic mass is 35.5. The molecule has 19 heavy (non-hydrogen) atoms. The Labute approximate surface area is 119 Å². The van der Waals surface area contributed by atoms with Crippen LogP contribution in [0, 0.1) is 0 Å². The summed E-state index contributed by atoms with van der Waals surface area (Å²) in [5.74, 6) is -0.825. The van der Waals surface area contributed by atoms with Crippen molar-refractivity contribution in [3.8, 4) is 11.6 Å². The number of esters is 1. The Morgan fingerprint density at radius 3 is 2.79 bits per heavy atom. The van der Waals surface area contributed by atoms with E-state index in [9.17, 15) is 9.90 Å². The highest BCUT2D eigenvalue weighted by Gasteiger charge is 2.17. The lowest BCUT2D eigenvalue weighted by molar-refractivity contribution is 0.0519. The van der Waals surface area contributed by atoms with Crippen LogP contribution in [0.25, 0.3) is 5.69 Å². The molecular weight excluding hydrogens is 291 g/mol. The summed E-state index contributed by atoms with van der Waals surface area (Å²) in [6.07, 6.45) is 0. The van der Waals surface area contributed by atoms with Gasteiger partial charge in [-0.3, -0.25) is 0 Å². The van der Waals surface area contributed by atoms with E-state index < -0.39 is 5.97 Å². The van der Waals surface area contributed by atoms with Gasteiger partial charge in [0.25, 0.3) is 0 Å². The number of ether oxygens (including phenoxy) is 1. The summed E-state index contributed by atoms with van der Waals surface area (Å²) in [7, 11) is 0. The SMILES string of the molecule is CCOC(=O)c1cc(O)n(-c2ccc(Cl)cc2Cl)n1. The van der Waals surface area contributed by atoms with Crippen LogP contribution >= 0.6 is 23.2 Å². The van der Waals surface area contributed by atoms with Gasteiger partial charge in [-0.2, -0.15) is 9.78 Å². The van der Waals surface area contributed by atoms with Crippen molar-refractivity contribution in [1.82, 2.24) is 9.78 Å². The molecule has 1 heterocycles. The number of aromatic nitrogens is 2. The van der Waals surface area contributed by atoms with Gasteiger partial charge in [-0.05, 0) is 25.1 Å². The van der Waals surface area contributed by atoms with Crippen LogP contribution in [0.3, 0.4) is 0 Å². The molecule has 0 unspecified atom stereocenters. The van der Waals surface area contributed by atoms with Gasteiger partial charge in [-0.25, -0.2) is 4.79 Å². The van der Waals surface area contributed by atoms with E-state index >= 15 is 0 Å². The van der Waals surface area contributed by atoms with E-state index in [-0.39, 0.29) is 18.2 Å². The summed E-state index contributed by atoms with van der Waals surface area (Å²) >= 11 is 11.8. The van der Waals surface area contributed by atoms with Gasteiger partial charge in [0.2, 0.25) is 5.88 Å². The van der Waals surface area contributed by atoms with Gasteiger partial charge in [0.05, 0.1) is 17.3 Å². The van der Waals surface area contributed by atoms with E-state index in [2.05, 4.69) is 5.10 Å². The largest absolute Gasteiger partial charge is 0.493 e. The minimum atomic E-state index is -0.610. The summed E-state index contributed by atoms with van der Waals surface area (Å²) in [5.41, 5.74) is 0.421. The van der Waals surface area contributed by atoms with Crippen LogP contribution < -0.4 is 0 Å². The molecule has 0 aliphatic heterocycles. The van der Waals surface area contributed by atoms with Gasteiger partial charge >= 0.3 is 5.97 Å². The lowest BCUT2D eigenvalue weighted by Crippen LogP contribution is -2.06. The normalized spacial score (nSPS) is 10.5. The maximum absolute atomic E-state index is 11.5. The minimum Gasteiger partial charge on any atom is -0.493 e. The first kappa shape index (κ1) is 13.7. The number of carbonyl (C=O) groups is 1. The zero-order valence-electron chi connectivity index (χ0n) is 9.93. The first-order chi connectivity index (χ1) is 9.02. The molecule has 0 spiro atoms. The summed E-state index contributed by atoms with van der Waals surface area (Å²) in [6.45, 7) is 1.92. The molecule has 0 saturated heterocycles. The molecule has 1 aromatic carbocycles. The number of rotatable bonds is 3. The van der Waals surface area contributed by atoms with Crippen molar-refractivity contribution in [1.29, 1.82) is 0 Å². The average Bonchev–Trinajstić information content (AvgIpc) is 2.72. The molecule has 2 rings (SSSR count). The number of carbonyl (C=O) groups excluding carboxylic acids is 1. The maximum Gasteiger partial charge on any atom is 0.358 e. The van der Waals surface area contributed by atoms with Crippen molar-refractivity contribution in [3.05, 3.63) is 40.0 Å². The molecule has 0 aliphatic carbocycles. The molecule has 1 aromatic heterocycles. The molecule has 1 N–H and O–H groups in total. The van der Waals surface area contributed by atoms with Gasteiger partial charge in [0.15, 0.2) is 5.69 Å². The van der Waals surface area contributed by atoms with Gasteiger partial charge in [0, 0.05) is 11.1 Å². The number of nitrogens with zero attached hydrogens (tertiary/aromatic N) is 2. The average molecular weight is 301 g/mol. The molecule has 0 radical (unpaired) electrons. The zero-order chi connectivity index (χ0) is 14.0.